The smallest absolute Gasteiger partial charge is 0.240 e. The van der Waals surface area contributed by atoms with Crippen LogP contribution < -0.4 is 5.32 Å². The van der Waals surface area contributed by atoms with E-state index in [9.17, 15) is 4.79 Å². The van der Waals surface area contributed by atoms with Crippen molar-refractivity contribution >= 4 is 5.91 Å². The van der Waals surface area contributed by atoms with Gasteiger partial charge in [-0.1, -0.05) is 26.0 Å². The molecule has 1 N–H and O–H groups in total. The SMILES string of the molecule is CNC1CC(C)(C)CCN(C2C=CCC2)C1=O. The van der Waals surface area contributed by atoms with Crippen molar-refractivity contribution in [1.29, 1.82) is 0 Å². The molecular formula is C14H24N2O. The van der Waals surface area contributed by atoms with Crippen LogP contribution in [0, 0.1) is 5.41 Å². The van der Waals surface area contributed by atoms with Crippen molar-refractivity contribution in [3.8, 4) is 0 Å². The fraction of sp³-hybridized carbons (Fsp3) is 0.786. The molecule has 1 aliphatic carbocycles. The fourth-order valence-corrected chi connectivity index (χ4v) is 2.91. The highest BCUT2D eigenvalue weighted by molar-refractivity contribution is 5.82. The van der Waals surface area contributed by atoms with Crippen molar-refractivity contribution in [3.63, 3.8) is 0 Å². The monoisotopic (exact) mass is 236 g/mol. The van der Waals surface area contributed by atoms with Crippen molar-refractivity contribution in [2.75, 3.05) is 13.6 Å². The van der Waals surface area contributed by atoms with E-state index in [1.54, 1.807) is 0 Å². The molecule has 2 unspecified atom stereocenters. The molecule has 1 heterocycles. The lowest BCUT2D eigenvalue weighted by molar-refractivity contribution is -0.134. The van der Waals surface area contributed by atoms with Gasteiger partial charge in [0.25, 0.3) is 0 Å². The maximum absolute atomic E-state index is 12.5. The predicted octanol–water partition coefficient (Wildman–Crippen LogP) is 1.94. The van der Waals surface area contributed by atoms with Crippen LogP contribution in [0.15, 0.2) is 12.2 Å². The Morgan fingerprint density at radius 3 is 2.82 bits per heavy atom. The van der Waals surface area contributed by atoms with E-state index >= 15 is 0 Å². The minimum Gasteiger partial charge on any atom is -0.335 e. The first-order chi connectivity index (χ1) is 8.03. The Hall–Kier alpha value is -0.830. The molecule has 0 saturated carbocycles. The maximum Gasteiger partial charge on any atom is 0.240 e. The van der Waals surface area contributed by atoms with Gasteiger partial charge in [0.15, 0.2) is 0 Å². The number of likely N-dealkylation sites (N-methyl/N-ethyl adjacent to an activating group) is 1. The molecule has 3 nitrogen and oxygen atoms in total. The van der Waals surface area contributed by atoms with E-state index in [1.165, 1.54) is 0 Å². The fourth-order valence-electron chi connectivity index (χ4n) is 2.91. The molecule has 0 spiro atoms. The molecule has 17 heavy (non-hydrogen) atoms. The number of amides is 1. The van der Waals surface area contributed by atoms with E-state index in [4.69, 9.17) is 0 Å². The zero-order valence-corrected chi connectivity index (χ0v) is 11.2. The van der Waals surface area contributed by atoms with Crippen LogP contribution in [0.2, 0.25) is 0 Å². The van der Waals surface area contributed by atoms with Crippen molar-refractivity contribution in [2.24, 2.45) is 5.41 Å². The van der Waals surface area contributed by atoms with Crippen LogP contribution >= 0.6 is 0 Å². The van der Waals surface area contributed by atoms with Gasteiger partial charge in [-0.3, -0.25) is 4.79 Å². The first kappa shape index (κ1) is 12.6. The lowest BCUT2D eigenvalue weighted by atomic mass is 9.83. The summed E-state index contributed by atoms with van der Waals surface area (Å²) in [6.45, 7) is 5.43. The molecule has 96 valence electrons. The van der Waals surface area contributed by atoms with Gasteiger partial charge >= 0.3 is 0 Å². The third kappa shape index (κ3) is 2.71. The summed E-state index contributed by atoms with van der Waals surface area (Å²) in [4.78, 5) is 14.6. The van der Waals surface area contributed by atoms with Crippen LogP contribution in [0.5, 0.6) is 0 Å². The molecule has 0 radical (unpaired) electrons. The summed E-state index contributed by atoms with van der Waals surface area (Å²) in [7, 11) is 1.90. The van der Waals surface area contributed by atoms with E-state index in [1.807, 2.05) is 7.05 Å². The second-order valence-corrected chi connectivity index (χ2v) is 6.06. The second kappa shape index (κ2) is 4.81. The topological polar surface area (TPSA) is 32.3 Å². The highest BCUT2D eigenvalue weighted by atomic mass is 16.2. The molecule has 2 aliphatic rings. The predicted molar refractivity (Wildman–Crippen MR) is 69.7 cm³/mol. The average Bonchev–Trinajstić information content (AvgIpc) is 2.75. The summed E-state index contributed by atoms with van der Waals surface area (Å²) in [6.07, 6.45) is 8.65. The highest BCUT2D eigenvalue weighted by Gasteiger charge is 2.36. The molecule has 1 saturated heterocycles. The number of rotatable bonds is 2. The number of hydrogen-bond acceptors (Lipinski definition) is 2. The number of hydrogen-bond donors (Lipinski definition) is 1. The Bertz CT molecular complexity index is 322. The number of nitrogens with one attached hydrogen (secondary N) is 1. The van der Waals surface area contributed by atoms with Crippen LogP contribution in [-0.4, -0.2) is 36.5 Å². The van der Waals surface area contributed by atoms with Crippen LogP contribution in [-0.2, 0) is 4.79 Å². The largest absolute Gasteiger partial charge is 0.335 e. The lowest BCUT2D eigenvalue weighted by Crippen LogP contribution is -2.47. The summed E-state index contributed by atoms with van der Waals surface area (Å²) in [5.74, 6) is 0.287. The van der Waals surface area contributed by atoms with Gasteiger partial charge in [-0.2, -0.15) is 0 Å². The Kier molecular flexibility index (Phi) is 3.57. The Balaban J connectivity index is 2.16. The quantitative estimate of drug-likeness (QED) is 0.743. The van der Waals surface area contributed by atoms with E-state index < -0.39 is 0 Å². The van der Waals surface area contributed by atoms with Crippen molar-refractivity contribution in [2.45, 2.75) is 51.6 Å². The van der Waals surface area contributed by atoms with Crippen LogP contribution in [0.1, 0.15) is 39.5 Å². The van der Waals surface area contributed by atoms with Gasteiger partial charge in [-0.15, -0.1) is 0 Å². The minimum atomic E-state index is -0.0125. The van der Waals surface area contributed by atoms with Gasteiger partial charge in [0.2, 0.25) is 5.91 Å². The van der Waals surface area contributed by atoms with Crippen molar-refractivity contribution in [3.05, 3.63) is 12.2 Å². The Morgan fingerprint density at radius 2 is 2.24 bits per heavy atom. The zero-order chi connectivity index (χ0) is 12.5. The van der Waals surface area contributed by atoms with Gasteiger partial charge < -0.3 is 10.2 Å². The number of nitrogens with zero attached hydrogens (tertiary/aromatic N) is 1. The van der Waals surface area contributed by atoms with E-state index in [0.717, 1.165) is 32.2 Å². The second-order valence-electron chi connectivity index (χ2n) is 6.06. The standard InChI is InChI=1S/C14H24N2O/c1-14(2)8-9-16(11-6-4-5-7-11)13(17)12(10-14)15-3/h4,6,11-12,15H,5,7-10H2,1-3H3. The van der Waals surface area contributed by atoms with E-state index in [0.29, 0.717) is 6.04 Å². The lowest BCUT2D eigenvalue weighted by Gasteiger charge is -2.29. The first-order valence-electron chi connectivity index (χ1n) is 6.68. The summed E-state index contributed by atoms with van der Waals surface area (Å²) >= 11 is 0. The van der Waals surface area contributed by atoms with Gasteiger partial charge in [-0.05, 0) is 38.1 Å². The van der Waals surface area contributed by atoms with Crippen molar-refractivity contribution in [1.82, 2.24) is 10.2 Å². The minimum absolute atomic E-state index is 0.0125. The molecule has 2 atom stereocenters. The zero-order valence-electron chi connectivity index (χ0n) is 11.2. The number of likely N-dealkylation sites (tertiary alicyclic amines) is 1. The van der Waals surface area contributed by atoms with Gasteiger partial charge in [-0.25, -0.2) is 0 Å². The third-order valence-electron chi connectivity index (χ3n) is 4.10. The number of allylic oxidation sites excluding steroid dienone is 1. The number of carbonyl (C=O) groups is 1. The molecule has 0 bridgehead atoms. The molecule has 0 aromatic carbocycles. The normalized spacial score (nSPS) is 32.9. The Morgan fingerprint density at radius 1 is 1.47 bits per heavy atom. The summed E-state index contributed by atoms with van der Waals surface area (Å²) in [6, 6.07) is 0.328. The van der Waals surface area contributed by atoms with Crippen LogP contribution in [0.25, 0.3) is 0 Å². The molecular weight excluding hydrogens is 212 g/mol. The molecule has 1 amide bonds. The first-order valence-corrected chi connectivity index (χ1v) is 6.68. The summed E-state index contributed by atoms with van der Waals surface area (Å²) < 4.78 is 0. The Labute approximate surface area is 104 Å². The summed E-state index contributed by atoms with van der Waals surface area (Å²) in [5, 5.41) is 3.19. The van der Waals surface area contributed by atoms with E-state index in [2.05, 4.69) is 36.2 Å². The van der Waals surface area contributed by atoms with Gasteiger partial charge in [0.1, 0.15) is 0 Å². The molecule has 0 aromatic rings. The molecule has 1 fully saturated rings. The number of carbonyl (C=O) groups excluding carboxylic acids is 1. The van der Waals surface area contributed by atoms with Crippen LogP contribution in [0.3, 0.4) is 0 Å². The maximum atomic E-state index is 12.5. The van der Waals surface area contributed by atoms with Crippen molar-refractivity contribution < 1.29 is 4.79 Å². The highest BCUT2D eigenvalue weighted by Crippen LogP contribution is 2.32. The van der Waals surface area contributed by atoms with E-state index in [-0.39, 0.29) is 17.4 Å². The van der Waals surface area contributed by atoms with Gasteiger partial charge in [0, 0.05) is 6.54 Å². The third-order valence-corrected chi connectivity index (χ3v) is 4.10. The summed E-state index contributed by atoms with van der Waals surface area (Å²) in [5.41, 5.74) is 0.250. The molecule has 3 heteroatoms. The average molecular weight is 236 g/mol. The van der Waals surface area contributed by atoms with Crippen LogP contribution in [0.4, 0.5) is 0 Å². The molecule has 2 rings (SSSR count). The molecule has 0 aromatic heterocycles. The van der Waals surface area contributed by atoms with Gasteiger partial charge in [0.05, 0.1) is 12.1 Å². The molecule has 1 aliphatic heterocycles.